The number of nitrogens with one attached hydrogen (secondary N) is 1. The molecule has 1 aromatic heterocycles. The molecule has 0 radical (unpaired) electrons. The topological polar surface area (TPSA) is 38.0 Å². The summed E-state index contributed by atoms with van der Waals surface area (Å²) in [4.78, 5) is 1.19. The molecule has 1 unspecified atom stereocenters. The van der Waals surface area contributed by atoms with Crippen LogP contribution in [0, 0.1) is 0 Å². The molecular weight excluding hydrogens is 212 g/mol. The van der Waals surface area contributed by atoms with Crippen molar-refractivity contribution in [2.24, 2.45) is 5.84 Å². The predicted octanol–water partition coefficient (Wildman–Crippen LogP) is 2.27. The number of thiophene rings is 1. The average molecular weight is 223 g/mol. The van der Waals surface area contributed by atoms with E-state index < -0.39 is 0 Å². The van der Waals surface area contributed by atoms with Gasteiger partial charge in [-0.2, -0.15) is 11.8 Å². The molecule has 0 spiro atoms. The van der Waals surface area contributed by atoms with Crippen molar-refractivity contribution in [2.75, 3.05) is 12.0 Å². The molecular formula is C7H11ClN2S2. The molecule has 0 fully saturated rings. The van der Waals surface area contributed by atoms with E-state index in [1.165, 1.54) is 4.88 Å². The summed E-state index contributed by atoms with van der Waals surface area (Å²) in [5.41, 5.74) is 2.76. The molecule has 1 atom stereocenters. The number of rotatable bonds is 4. The lowest BCUT2D eigenvalue weighted by Gasteiger charge is -2.11. The van der Waals surface area contributed by atoms with Crippen LogP contribution >= 0.6 is 34.7 Å². The summed E-state index contributed by atoms with van der Waals surface area (Å²) in [6, 6.07) is 4.12. The minimum atomic E-state index is 0.220. The Balaban J connectivity index is 2.66. The zero-order valence-electron chi connectivity index (χ0n) is 6.71. The second-order valence-electron chi connectivity index (χ2n) is 2.32. The van der Waals surface area contributed by atoms with Crippen molar-refractivity contribution in [3.8, 4) is 0 Å². The third kappa shape index (κ3) is 2.64. The Hall–Kier alpha value is 0.260. The van der Waals surface area contributed by atoms with Gasteiger partial charge < -0.3 is 0 Å². The van der Waals surface area contributed by atoms with Crippen molar-refractivity contribution >= 4 is 34.7 Å². The number of nitrogens with two attached hydrogens (primary N) is 1. The van der Waals surface area contributed by atoms with Crippen molar-refractivity contribution in [3.63, 3.8) is 0 Å². The Morgan fingerprint density at radius 2 is 2.50 bits per heavy atom. The highest BCUT2D eigenvalue weighted by Gasteiger charge is 2.10. The second-order valence-corrected chi connectivity index (χ2v) is 4.97. The fourth-order valence-corrected chi connectivity index (χ4v) is 2.73. The highest BCUT2D eigenvalue weighted by Crippen LogP contribution is 2.27. The van der Waals surface area contributed by atoms with Gasteiger partial charge in [-0.3, -0.25) is 11.3 Å². The molecule has 0 aliphatic heterocycles. The van der Waals surface area contributed by atoms with Crippen molar-refractivity contribution in [2.45, 2.75) is 6.04 Å². The van der Waals surface area contributed by atoms with Crippen LogP contribution in [-0.2, 0) is 0 Å². The number of hydrazine groups is 1. The number of thioether (sulfide) groups is 1. The summed E-state index contributed by atoms with van der Waals surface area (Å²) in [5, 5.41) is 0. The van der Waals surface area contributed by atoms with Crippen molar-refractivity contribution in [1.29, 1.82) is 0 Å². The molecule has 68 valence electrons. The number of halogens is 1. The molecule has 3 N–H and O–H groups in total. The van der Waals surface area contributed by atoms with Gasteiger partial charge in [0.25, 0.3) is 0 Å². The Labute approximate surface area is 85.5 Å². The SMILES string of the molecule is CSCC(NN)c1ccc(Cl)s1. The fourth-order valence-electron chi connectivity index (χ4n) is 0.895. The normalized spacial score (nSPS) is 13.2. The maximum Gasteiger partial charge on any atom is 0.0931 e. The Kier molecular flexibility index (Phi) is 4.39. The molecule has 0 aliphatic carbocycles. The van der Waals surface area contributed by atoms with E-state index in [9.17, 15) is 0 Å². The van der Waals surface area contributed by atoms with Gasteiger partial charge in [0.05, 0.1) is 10.4 Å². The van der Waals surface area contributed by atoms with E-state index in [0.29, 0.717) is 0 Å². The van der Waals surface area contributed by atoms with Crippen molar-refractivity contribution in [3.05, 3.63) is 21.3 Å². The monoisotopic (exact) mass is 222 g/mol. The van der Waals surface area contributed by atoms with Gasteiger partial charge >= 0.3 is 0 Å². The average Bonchev–Trinajstić information content (AvgIpc) is 2.47. The fraction of sp³-hybridized carbons (Fsp3) is 0.429. The maximum atomic E-state index is 5.80. The second kappa shape index (κ2) is 5.09. The summed E-state index contributed by atoms with van der Waals surface area (Å²) in [5.74, 6) is 6.37. The zero-order valence-corrected chi connectivity index (χ0v) is 9.10. The first-order valence-corrected chi connectivity index (χ1v) is 6.07. The van der Waals surface area contributed by atoms with E-state index in [0.717, 1.165) is 10.1 Å². The van der Waals surface area contributed by atoms with Crippen LogP contribution in [-0.4, -0.2) is 12.0 Å². The highest BCUT2D eigenvalue weighted by molar-refractivity contribution is 7.98. The van der Waals surface area contributed by atoms with Crippen LogP contribution in [0.25, 0.3) is 0 Å². The van der Waals surface area contributed by atoms with Gasteiger partial charge in [0, 0.05) is 10.6 Å². The molecule has 5 heteroatoms. The van der Waals surface area contributed by atoms with Crippen LogP contribution in [0.1, 0.15) is 10.9 Å². The third-order valence-electron chi connectivity index (χ3n) is 1.47. The molecule has 1 heterocycles. The molecule has 0 amide bonds. The van der Waals surface area contributed by atoms with Gasteiger partial charge in [-0.05, 0) is 18.4 Å². The lowest BCUT2D eigenvalue weighted by molar-refractivity contribution is 0.621. The van der Waals surface area contributed by atoms with Gasteiger partial charge in [-0.25, -0.2) is 0 Å². The molecule has 0 saturated heterocycles. The highest BCUT2D eigenvalue weighted by atomic mass is 35.5. The van der Waals surface area contributed by atoms with Gasteiger partial charge in [0.15, 0.2) is 0 Å². The Morgan fingerprint density at radius 3 is 2.92 bits per heavy atom. The van der Waals surface area contributed by atoms with Gasteiger partial charge in [0.2, 0.25) is 0 Å². The van der Waals surface area contributed by atoms with Crippen LogP contribution in [0.5, 0.6) is 0 Å². The summed E-state index contributed by atoms with van der Waals surface area (Å²) >= 11 is 9.13. The molecule has 12 heavy (non-hydrogen) atoms. The van der Waals surface area contributed by atoms with Crippen LogP contribution in [0.4, 0.5) is 0 Å². The van der Waals surface area contributed by atoms with Gasteiger partial charge in [-0.15, -0.1) is 11.3 Å². The van der Waals surface area contributed by atoms with E-state index >= 15 is 0 Å². The summed E-state index contributed by atoms with van der Waals surface area (Å²) in [6.45, 7) is 0. The summed E-state index contributed by atoms with van der Waals surface area (Å²) < 4.78 is 0.811. The minimum Gasteiger partial charge on any atom is -0.271 e. The van der Waals surface area contributed by atoms with Crippen LogP contribution in [0.2, 0.25) is 4.34 Å². The standard InChI is InChI=1S/C7H11ClN2S2/c1-11-4-5(10-9)6-2-3-7(8)12-6/h2-3,5,10H,4,9H2,1H3. The molecule has 2 nitrogen and oxygen atoms in total. The lowest BCUT2D eigenvalue weighted by Crippen LogP contribution is -2.28. The molecule has 1 rings (SSSR count). The third-order valence-corrected chi connectivity index (χ3v) is 3.48. The van der Waals surface area contributed by atoms with Crippen LogP contribution in [0.15, 0.2) is 12.1 Å². The van der Waals surface area contributed by atoms with E-state index in [2.05, 4.69) is 11.7 Å². The first kappa shape index (κ1) is 10.3. The smallest absolute Gasteiger partial charge is 0.0931 e. The predicted molar refractivity (Wildman–Crippen MR) is 57.8 cm³/mol. The number of hydrogen-bond acceptors (Lipinski definition) is 4. The quantitative estimate of drug-likeness (QED) is 0.607. The van der Waals surface area contributed by atoms with Crippen LogP contribution in [0.3, 0.4) is 0 Å². The van der Waals surface area contributed by atoms with Crippen LogP contribution < -0.4 is 11.3 Å². The zero-order chi connectivity index (χ0) is 8.97. The molecule has 0 aliphatic rings. The molecule has 0 bridgehead atoms. The molecule has 0 saturated carbocycles. The first-order valence-electron chi connectivity index (χ1n) is 3.48. The molecule has 0 aromatic carbocycles. The van der Waals surface area contributed by atoms with E-state index in [1.807, 2.05) is 12.1 Å². The maximum absolute atomic E-state index is 5.80. The van der Waals surface area contributed by atoms with Gasteiger partial charge in [0.1, 0.15) is 0 Å². The molecule has 1 aromatic rings. The van der Waals surface area contributed by atoms with Crippen molar-refractivity contribution in [1.82, 2.24) is 5.43 Å². The lowest BCUT2D eigenvalue weighted by atomic mass is 10.3. The first-order chi connectivity index (χ1) is 5.77. The van der Waals surface area contributed by atoms with E-state index in [1.54, 1.807) is 23.1 Å². The largest absolute Gasteiger partial charge is 0.271 e. The summed E-state index contributed by atoms with van der Waals surface area (Å²) in [7, 11) is 0. The summed E-state index contributed by atoms with van der Waals surface area (Å²) in [6.07, 6.45) is 2.06. The Morgan fingerprint density at radius 1 is 1.75 bits per heavy atom. The number of hydrogen-bond donors (Lipinski definition) is 2. The van der Waals surface area contributed by atoms with Crippen molar-refractivity contribution < 1.29 is 0 Å². The Bertz CT molecular complexity index is 239. The van der Waals surface area contributed by atoms with E-state index in [4.69, 9.17) is 17.4 Å². The van der Waals surface area contributed by atoms with Gasteiger partial charge in [-0.1, -0.05) is 11.6 Å². The minimum absolute atomic E-state index is 0.220. The van der Waals surface area contributed by atoms with E-state index in [-0.39, 0.29) is 6.04 Å².